The van der Waals surface area contributed by atoms with Crippen molar-refractivity contribution in [2.45, 2.75) is 38.0 Å². The van der Waals surface area contributed by atoms with Gasteiger partial charge in [0.2, 0.25) is 0 Å². The number of nitrogens with zero attached hydrogens (tertiary/aromatic N) is 1. The number of fused-ring (bicyclic) bond motifs is 1. The van der Waals surface area contributed by atoms with Gasteiger partial charge in [0.25, 0.3) is 0 Å². The van der Waals surface area contributed by atoms with Gasteiger partial charge in [-0.15, -0.1) is 0 Å². The number of rotatable bonds is 3. The van der Waals surface area contributed by atoms with Crippen LogP contribution in [0.4, 0.5) is 0 Å². The minimum Gasteiger partial charge on any atom is -0.393 e. The summed E-state index contributed by atoms with van der Waals surface area (Å²) in [5.74, 6) is 1.16. The van der Waals surface area contributed by atoms with Crippen molar-refractivity contribution in [3.05, 3.63) is 22.4 Å². The van der Waals surface area contributed by atoms with Crippen LogP contribution in [0.3, 0.4) is 0 Å². The maximum absolute atomic E-state index is 10.0. The monoisotopic (exact) mass is 266 g/mol. The molecule has 5 unspecified atom stereocenters. The molecule has 3 nitrogen and oxygen atoms in total. The van der Waals surface area contributed by atoms with Crippen LogP contribution in [-0.2, 0) is 0 Å². The van der Waals surface area contributed by atoms with Crippen LogP contribution in [-0.4, -0.2) is 35.2 Å². The molecule has 2 heterocycles. The van der Waals surface area contributed by atoms with E-state index in [9.17, 15) is 5.11 Å². The van der Waals surface area contributed by atoms with Crippen LogP contribution in [0.1, 0.15) is 31.4 Å². The maximum atomic E-state index is 10.0. The van der Waals surface area contributed by atoms with E-state index in [-0.39, 0.29) is 12.1 Å². The van der Waals surface area contributed by atoms with Crippen molar-refractivity contribution in [3.63, 3.8) is 0 Å². The van der Waals surface area contributed by atoms with Crippen molar-refractivity contribution in [2.24, 2.45) is 17.6 Å². The van der Waals surface area contributed by atoms with E-state index in [1.807, 2.05) is 0 Å². The molecule has 1 saturated carbocycles. The summed E-state index contributed by atoms with van der Waals surface area (Å²) in [7, 11) is 0. The molecule has 3 rings (SSSR count). The van der Waals surface area contributed by atoms with Crippen LogP contribution in [0, 0.1) is 11.8 Å². The Bertz CT molecular complexity index is 393. The van der Waals surface area contributed by atoms with Gasteiger partial charge in [0.15, 0.2) is 0 Å². The predicted molar refractivity (Wildman–Crippen MR) is 74.5 cm³/mol. The lowest BCUT2D eigenvalue weighted by molar-refractivity contribution is 0.115. The third-order valence-corrected chi connectivity index (χ3v) is 5.32. The second-order valence-electron chi connectivity index (χ2n) is 5.88. The number of aliphatic hydroxyl groups is 1. The van der Waals surface area contributed by atoms with Gasteiger partial charge in [-0.25, -0.2) is 0 Å². The highest BCUT2D eigenvalue weighted by Crippen LogP contribution is 2.41. The van der Waals surface area contributed by atoms with Gasteiger partial charge < -0.3 is 10.8 Å². The molecule has 1 aliphatic carbocycles. The molecule has 0 amide bonds. The van der Waals surface area contributed by atoms with Crippen LogP contribution >= 0.6 is 11.3 Å². The van der Waals surface area contributed by atoms with Crippen LogP contribution in [0.25, 0.3) is 0 Å². The Labute approximate surface area is 113 Å². The molecule has 1 aromatic heterocycles. The molecule has 0 aromatic carbocycles. The van der Waals surface area contributed by atoms with Gasteiger partial charge in [-0.3, -0.25) is 4.90 Å². The Hall–Kier alpha value is -0.420. The fourth-order valence-electron chi connectivity index (χ4n) is 3.79. The number of nitrogens with two attached hydrogens (primary N) is 1. The highest BCUT2D eigenvalue weighted by atomic mass is 32.1. The largest absolute Gasteiger partial charge is 0.393 e. The Kier molecular flexibility index (Phi) is 3.45. The molecule has 3 N–H and O–H groups in total. The molecule has 2 fully saturated rings. The van der Waals surface area contributed by atoms with E-state index >= 15 is 0 Å². The third kappa shape index (κ3) is 2.11. The third-order valence-electron chi connectivity index (χ3n) is 4.62. The van der Waals surface area contributed by atoms with E-state index in [1.165, 1.54) is 12.0 Å². The summed E-state index contributed by atoms with van der Waals surface area (Å²) < 4.78 is 0. The summed E-state index contributed by atoms with van der Waals surface area (Å²) in [5.41, 5.74) is 7.53. The predicted octanol–water partition coefficient (Wildman–Crippen LogP) is 1.84. The van der Waals surface area contributed by atoms with Gasteiger partial charge in [0.1, 0.15) is 0 Å². The summed E-state index contributed by atoms with van der Waals surface area (Å²) in [5, 5.41) is 14.3. The van der Waals surface area contributed by atoms with Crippen molar-refractivity contribution >= 4 is 11.3 Å². The Morgan fingerprint density at radius 3 is 2.89 bits per heavy atom. The molecular formula is C14H22N2OS. The fraction of sp³-hybridized carbons (Fsp3) is 0.714. The lowest BCUT2D eigenvalue weighted by Gasteiger charge is -2.31. The molecule has 5 atom stereocenters. The SMILES string of the molecule is CC(N)C(c1ccsc1)N1CC2CCC(O)C2C1. The molecule has 1 aromatic rings. The molecule has 2 aliphatic rings. The molecule has 1 saturated heterocycles. The number of hydrogen-bond donors (Lipinski definition) is 2. The lowest BCUT2D eigenvalue weighted by atomic mass is 9.99. The smallest absolute Gasteiger partial charge is 0.0583 e. The van der Waals surface area contributed by atoms with Crippen LogP contribution < -0.4 is 5.73 Å². The summed E-state index contributed by atoms with van der Waals surface area (Å²) in [4.78, 5) is 2.49. The van der Waals surface area contributed by atoms with Gasteiger partial charge in [-0.1, -0.05) is 0 Å². The molecular weight excluding hydrogens is 244 g/mol. The zero-order chi connectivity index (χ0) is 12.7. The second kappa shape index (κ2) is 4.93. The first-order valence-corrected chi connectivity index (χ1v) is 7.81. The molecule has 0 spiro atoms. The molecule has 4 heteroatoms. The Morgan fingerprint density at radius 1 is 1.44 bits per heavy atom. The Morgan fingerprint density at radius 2 is 2.28 bits per heavy atom. The first-order chi connectivity index (χ1) is 8.66. The molecule has 0 bridgehead atoms. The summed E-state index contributed by atoms with van der Waals surface area (Å²) in [6, 6.07) is 2.63. The first-order valence-electron chi connectivity index (χ1n) is 6.86. The maximum Gasteiger partial charge on any atom is 0.0583 e. The summed E-state index contributed by atoms with van der Waals surface area (Å²) in [6.07, 6.45) is 2.08. The minimum atomic E-state index is -0.0868. The second-order valence-corrected chi connectivity index (χ2v) is 6.66. The first kappa shape index (κ1) is 12.6. The van der Waals surface area contributed by atoms with Crippen molar-refractivity contribution in [3.8, 4) is 0 Å². The number of aliphatic hydroxyl groups excluding tert-OH is 1. The van der Waals surface area contributed by atoms with Gasteiger partial charge in [0.05, 0.1) is 12.1 Å². The quantitative estimate of drug-likeness (QED) is 0.877. The number of likely N-dealkylation sites (tertiary alicyclic amines) is 1. The van der Waals surface area contributed by atoms with Gasteiger partial charge in [-0.05, 0) is 48.1 Å². The average molecular weight is 266 g/mol. The number of hydrogen-bond acceptors (Lipinski definition) is 4. The van der Waals surface area contributed by atoms with Crippen molar-refractivity contribution in [1.29, 1.82) is 0 Å². The van der Waals surface area contributed by atoms with E-state index in [0.717, 1.165) is 19.5 Å². The molecule has 0 radical (unpaired) electrons. The van der Waals surface area contributed by atoms with Gasteiger partial charge in [-0.2, -0.15) is 11.3 Å². The highest BCUT2D eigenvalue weighted by Gasteiger charge is 2.44. The minimum absolute atomic E-state index is 0.0868. The topological polar surface area (TPSA) is 49.5 Å². The molecule has 100 valence electrons. The zero-order valence-corrected chi connectivity index (χ0v) is 11.6. The van der Waals surface area contributed by atoms with Gasteiger partial charge in [0, 0.05) is 25.0 Å². The summed E-state index contributed by atoms with van der Waals surface area (Å²) >= 11 is 1.73. The molecule has 1 aliphatic heterocycles. The van der Waals surface area contributed by atoms with E-state index in [1.54, 1.807) is 11.3 Å². The van der Waals surface area contributed by atoms with Crippen molar-refractivity contribution < 1.29 is 5.11 Å². The lowest BCUT2D eigenvalue weighted by Crippen LogP contribution is -2.39. The molecule has 18 heavy (non-hydrogen) atoms. The van der Waals surface area contributed by atoms with E-state index in [0.29, 0.717) is 17.9 Å². The van der Waals surface area contributed by atoms with Crippen LogP contribution in [0.5, 0.6) is 0 Å². The van der Waals surface area contributed by atoms with Crippen molar-refractivity contribution in [2.75, 3.05) is 13.1 Å². The highest BCUT2D eigenvalue weighted by molar-refractivity contribution is 7.07. The number of thiophene rings is 1. The fourth-order valence-corrected chi connectivity index (χ4v) is 4.48. The standard InChI is InChI=1S/C14H22N2OS/c1-9(15)14(11-4-5-18-8-11)16-6-10-2-3-13(17)12(10)7-16/h4-5,8-10,12-14,17H,2-3,6-7,15H2,1H3. The normalized spacial score (nSPS) is 35.6. The van der Waals surface area contributed by atoms with Crippen LogP contribution in [0.2, 0.25) is 0 Å². The average Bonchev–Trinajstić information content (AvgIpc) is 2.99. The Balaban J connectivity index is 1.77. The van der Waals surface area contributed by atoms with E-state index in [2.05, 4.69) is 28.7 Å². The van der Waals surface area contributed by atoms with Gasteiger partial charge >= 0.3 is 0 Å². The van der Waals surface area contributed by atoms with Crippen LogP contribution in [0.15, 0.2) is 16.8 Å². The summed E-state index contributed by atoms with van der Waals surface area (Å²) in [6.45, 7) is 4.20. The van der Waals surface area contributed by atoms with E-state index < -0.39 is 0 Å². The zero-order valence-electron chi connectivity index (χ0n) is 10.8. The van der Waals surface area contributed by atoms with Crippen molar-refractivity contribution in [1.82, 2.24) is 4.90 Å². The van der Waals surface area contributed by atoms with E-state index in [4.69, 9.17) is 5.73 Å².